The van der Waals surface area contributed by atoms with E-state index >= 15 is 0 Å². The Labute approximate surface area is 154 Å². The maximum atomic E-state index is 13.0. The quantitative estimate of drug-likeness (QED) is 0.468. The van der Waals surface area contributed by atoms with E-state index in [1.807, 2.05) is 42.5 Å². The smallest absolute Gasteiger partial charge is 0.317 e. The van der Waals surface area contributed by atoms with Crippen LogP contribution in [0.2, 0.25) is 0 Å². The van der Waals surface area contributed by atoms with E-state index in [0.29, 0.717) is 0 Å². The number of hydrogen-bond acceptors (Lipinski definition) is 2. The molecule has 130 valence electrons. The summed E-state index contributed by atoms with van der Waals surface area (Å²) in [6.07, 6.45) is 2.69. The van der Waals surface area contributed by atoms with Crippen molar-refractivity contribution in [2.75, 3.05) is 7.11 Å². The second-order valence-electron chi connectivity index (χ2n) is 6.90. The first-order valence-electron chi connectivity index (χ1n) is 8.97. The number of carbonyl (C=O) groups excluding carboxylic acids is 1. The van der Waals surface area contributed by atoms with Gasteiger partial charge in [-0.3, -0.25) is 4.79 Å². The molecule has 0 N–H and O–H groups in total. The summed E-state index contributed by atoms with van der Waals surface area (Å²) in [5.41, 5.74) is 1.59. The van der Waals surface area contributed by atoms with Gasteiger partial charge in [0, 0.05) is 5.92 Å². The molecule has 1 fully saturated rings. The number of carbonyl (C=O) groups is 1. The summed E-state index contributed by atoms with van der Waals surface area (Å²) in [5.74, 6) is 0.0793. The lowest BCUT2D eigenvalue weighted by molar-refractivity contribution is -0.144. The van der Waals surface area contributed by atoms with Crippen LogP contribution < -0.4 is 0 Å². The van der Waals surface area contributed by atoms with Crippen molar-refractivity contribution in [3.8, 4) is 0 Å². The van der Waals surface area contributed by atoms with E-state index in [0.717, 1.165) is 12.0 Å². The van der Waals surface area contributed by atoms with Crippen molar-refractivity contribution in [3.05, 3.63) is 96.6 Å². The molecular weight excluding hydrogens is 320 g/mol. The first kappa shape index (κ1) is 16.6. The molecule has 4 rings (SSSR count). The number of hydrogen-bond donors (Lipinski definition) is 0. The highest BCUT2D eigenvalue weighted by molar-refractivity contribution is 5.94. The number of methoxy groups -OCH3 is 1. The van der Waals surface area contributed by atoms with Crippen LogP contribution in [0.3, 0.4) is 0 Å². The maximum absolute atomic E-state index is 13.0. The summed E-state index contributed by atoms with van der Waals surface area (Å²) in [7, 11) is 1.48. The molecule has 0 bridgehead atoms. The summed E-state index contributed by atoms with van der Waals surface area (Å²) in [6.45, 7) is 3.92. The molecule has 0 heterocycles. The minimum absolute atomic E-state index is 0.0847. The summed E-state index contributed by atoms with van der Waals surface area (Å²) in [4.78, 5) is 13.0. The predicted octanol–water partition coefficient (Wildman–Crippen LogP) is 5.24. The molecule has 1 aliphatic rings. The Morgan fingerprint density at radius 1 is 1.04 bits per heavy atom. The van der Waals surface area contributed by atoms with Crippen LogP contribution in [0.5, 0.6) is 0 Å². The molecule has 3 aromatic rings. The SMILES string of the molecule is C=CC[C@H]1[C@@H](c2cccc3ccccc23)[C@]1(C(=O)OC)c1ccccc1. The van der Waals surface area contributed by atoms with Gasteiger partial charge in [0.2, 0.25) is 0 Å². The van der Waals surface area contributed by atoms with Crippen LogP contribution >= 0.6 is 0 Å². The third-order valence-electron chi connectivity index (χ3n) is 5.72. The zero-order chi connectivity index (χ0) is 18.1. The van der Waals surface area contributed by atoms with E-state index in [1.54, 1.807) is 0 Å². The van der Waals surface area contributed by atoms with Crippen LogP contribution in [0.4, 0.5) is 0 Å². The molecule has 0 aliphatic heterocycles. The van der Waals surface area contributed by atoms with Crippen molar-refractivity contribution < 1.29 is 9.53 Å². The topological polar surface area (TPSA) is 26.3 Å². The van der Waals surface area contributed by atoms with Crippen molar-refractivity contribution in [1.82, 2.24) is 0 Å². The minimum Gasteiger partial charge on any atom is -0.468 e. The molecule has 0 aromatic heterocycles. The fourth-order valence-electron chi connectivity index (χ4n) is 4.62. The summed E-state index contributed by atoms with van der Waals surface area (Å²) in [6, 6.07) is 24.7. The van der Waals surface area contributed by atoms with Crippen molar-refractivity contribution in [1.29, 1.82) is 0 Å². The fourth-order valence-corrected chi connectivity index (χ4v) is 4.62. The van der Waals surface area contributed by atoms with Gasteiger partial charge in [-0.2, -0.15) is 0 Å². The Hall–Kier alpha value is -2.87. The Morgan fingerprint density at radius 3 is 2.46 bits per heavy atom. The number of esters is 1. The van der Waals surface area contributed by atoms with Crippen LogP contribution in [0, 0.1) is 5.92 Å². The summed E-state index contributed by atoms with van der Waals surface area (Å²) >= 11 is 0. The van der Waals surface area contributed by atoms with Gasteiger partial charge in [0.25, 0.3) is 0 Å². The van der Waals surface area contributed by atoms with Crippen molar-refractivity contribution in [3.63, 3.8) is 0 Å². The molecule has 2 heteroatoms. The van der Waals surface area contributed by atoms with Crippen LogP contribution in [0.15, 0.2) is 85.5 Å². The van der Waals surface area contributed by atoms with Crippen LogP contribution in [0.1, 0.15) is 23.5 Å². The van der Waals surface area contributed by atoms with Gasteiger partial charge < -0.3 is 4.74 Å². The Morgan fingerprint density at radius 2 is 1.73 bits per heavy atom. The van der Waals surface area contributed by atoms with Crippen molar-refractivity contribution in [2.24, 2.45) is 5.92 Å². The number of ether oxygens (including phenoxy) is 1. The monoisotopic (exact) mass is 342 g/mol. The lowest BCUT2D eigenvalue weighted by atomic mass is 9.88. The zero-order valence-electron chi connectivity index (χ0n) is 14.9. The molecule has 26 heavy (non-hydrogen) atoms. The standard InChI is InChI=1S/C24H22O2/c1-3-10-21-22(20-16-9-12-17-11-7-8-15-19(17)20)24(21,23(25)26-2)18-13-5-4-6-14-18/h3-9,11-16,21-22H,1,10H2,2H3/t21-,22+,24-/m0/s1. The highest BCUT2D eigenvalue weighted by atomic mass is 16.5. The molecule has 3 aromatic carbocycles. The van der Waals surface area contributed by atoms with E-state index in [2.05, 4.69) is 43.0 Å². The second-order valence-corrected chi connectivity index (χ2v) is 6.90. The van der Waals surface area contributed by atoms with E-state index in [1.165, 1.54) is 23.4 Å². The number of rotatable bonds is 5. The Balaban J connectivity index is 1.93. The van der Waals surface area contributed by atoms with E-state index in [4.69, 9.17) is 4.74 Å². The van der Waals surface area contributed by atoms with Gasteiger partial charge in [-0.15, -0.1) is 6.58 Å². The lowest BCUT2D eigenvalue weighted by Gasteiger charge is -2.17. The molecular formula is C24H22O2. The third-order valence-corrected chi connectivity index (χ3v) is 5.72. The molecule has 2 nitrogen and oxygen atoms in total. The lowest BCUT2D eigenvalue weighted by Crippen LogP contribution is -2.26. The molecule has 0 saturated heterocycles. The van der Waals surface area contributed by atoms with Gasteiger partial charge >= 0.3 is 5.97 Å². The van der Waals surface area contributed by atoms with E-state index in [9.17, 15) is 4.79 Å². The highest BCUT2D eigenvalue weighted by Gasteiger charge is 2.71. The average molecular weight is 342 g/mol. The van der Waals surface area contributed by atoms with Gasteiger partial charge in [-0.25, -0.2) is 0 Å². The molecule has 0 radical (unpaired) electrons. The normalized spacial score (nSPS) is 24.2. The molecule has 0 spiro atoms. The van der Waals surface area contributed by atoms with Crippen LogP contribution in [-0.4, -0.2) is 13.1 Å². The molecule has 0 unspecified atom stereocenters. The second kappa shape index (κ2) is 6.45. The summed E-state index contributed by atoms with van der Waals surface area (Å²) in [5, 5.41) is 2.40. The van der Waals surface area contributed by atoms with Gasteiger partial charge in [0.1, 0.15) is 5.41 Å². The largest absolute Gasteiger partial charge is 0.468 e. The van der Waals surface area contributed by atoms with Crippen LogP contribution in [-0.2, 0) is 14.9 Å². The van der Waals surface area contributed by atoms with E-state index in [-0.39, 0.29) is 17.8 Å². The van der Waals surface area contributed by atoms with Gasteiger partial charge in [-0.1, -0.05) is 78.9 Å². The summed E-state index contributed by atoms with van der Waals surface area (Å²) < 4.78 is 5.30. The van der Waals surface area contributed by atoms with Crippen LogP contribution in [0.25, 0.3) is 10.8 Å². The molecule has 3 atom stereocenters. The number of fused-ring (bicyclic) bond motifs is 1. The molecule has 0 amide bonds. The third kappa shape index (κ3) is 2.29. The predicted molar refractivity (Wildman–Crippen MR) is 105 cm³/mol. The van der Waals surface area contributed by atoms with E-state index < -0.39 is 5.41 Å². The van der Waals surface area contributed by atoms with Gasteiger partial charge in [-0.05, 0) is 34.2 Å². The highest BCUT2D eigenvalue weighted by Crippen LogP contribution is 2.68. The molecule has 1 aliphatic carbocycles. The Bertz CT molecular complexity index is 955. The van der Waals surface area contributed by atoms with Gasteiger partial charge in [0.15, 0.2) is 0 Å². The fraction of sp³-hybridized carbons (Fsp3) is 0.208. The molecule has 1 saturated carbocycles. The maximum Gasteiger partial charge on any atom is 0.317 e. The average Bonchev–Trinajstić information content (AvgIpc) is 3.37. The number of allylic oxidation sites excluding steroid dienone is 1. The van der Waals surface area contributed by atoms with Crippen molar-refractivity contribution >= 4 is 16.7 Å². The Kier molecular flexibility index (Phi) is 4.12. The van der Waals surface area contributed by atoms with Crippen molar-refractivity contribution in [2.45, 2.75) is 17.8 Å². The van der Waals surface area contributed by atoms with Gasteiger partial charge in [0.05, 0.1) is 7.11 Å². The zero-order valence-corrected chi connectivity index (χ0v) is 14.9. The first-order chi connectivity index (χ1) is 12.7. The first-order valence-corrected chi connectivity index (χ1v) is 8.97. The minimum atomic E-state index is -0.645. The number of benzene rings is 3.